The highest BCUT2D eigenvalue weighted by atomic mass is 19.1. The van der Waals surface area contributed by atoms with E-state index in [0.29, 0.717) is 24.9 Å². The van der Waals surface area contributed by atoms with Gasteiger partial charge in [-0.2, -0.15) is 5.10 Å². The predicted molar refractivity (Wildman–Crippen MR) is 151 cm³/mol. The van der Waals surface area contributed by atoms with Crippen LogP contribution in [-0.4, -0.2) is 64.3 Å². The lowest BCUT2D eigenvalue weighted by molar-refractivity contribution is -0.132. The molecule has 0 N–H and O–H groups in total. The van der Waals surface area contributed by atoms with E-state index in [1.54, 1.807) is 12.1 Å². The fourth-order valence-corrected chi connectivity index (χ4v) is 5.22. The van der Waals surface area contributed by atoms with Crippen molar-refractivity contribution in [3.63, 3.8) is 0 Å². The van der Waals surface area contributed by atoms with Crippen molar-refractivity contribution in [1.29, 1.82) is 0 Å². The lowest BCUT2D eigenvalue weighted by Crippen LogP contribution is -2.49. The summed E-state index contributed by atoms with van der Waals surface area (Å²) < 4.78 is 15.8. The van der Waals surface area contributed by atoms with E-state index in [1.807, 2.05) is 4.68 Å². The third kappa shape index (κ3) is 7.79. The summed E-state index contributed by atoms with van der Waals surface area (Å²) in [5, 5.41) is 5.04. The number of benzene rings is 1. The molecule has 0 saturated carbocycles. The number of unbranched alkanes of at least 4 members (excludes halogenated alkanes) is 3. The highest BCUT2D eigenvalue weighted by Gasteiger charge is 2.29. The number of amides is 1. The van der Waals surface area contributed by atoms with Crippen LogP contribution in [0.15, 0.2) is 24.3 Å². The maximum Gasteiger partial charge on any atom is 0.222 e. The molecule has 1 aliphatic heterocycles. The van der Waals surface area contributed by atoms with Crippen molar-refractivity contribution in [1.82, 2.24) is 19.6 Å². The molecule has 1 aliphatic rings. The van der Waals surface area contributed by atoms with Gasteiger partial charge in [-0.1, -0.05) is 47.0 Å². The van der Waals surface area contributed by atoms with E-state index in [0.717, 1.165) is 74.7 Å². The quantitative estimate of drug-likeness (QED) is 0.306. The highest BCUT2D eigenvalue weighted by molar-refractivity contribution is 5.76. The van der Waals surface area contributed by atoms with Gasteiger partial charge in [0, 0.05) is 50.7 Å². The van der Waals surface area contributed by atoms with Gasteiger partial charge in [0.05, 0.1) is 17.9 Å². The molecule has 0 radical (unpaired) electrons. The third-order valence-electron chi connectivity index (χ3n) is 7.32. The van der Waals surface area contributed by atoms with Crippen LogP contribution in [0.25, 0.3) is 5.69 Å². The second-order valence-corrected chi connectivity index (χ2v) is 11.1. The standard InChI is InChI=1S/C30H48FN5O/c1-7-9-10-11-12-29(37)35(21-23(3)4)22-27-28(8-2)32-36(26-15-13-25(31)14-16-26)30(27)34-19-17-33(18-20-34)24(5)6/h13-16,23-24H,7-12,17-22H2,1-6H3. The van der Waals surface area contributed by atoms with Gasteiger partial charge in [0.25, 0.3) is 0 Å². The number of rotatable bonds is 13. The number of piperazine rings is 1. The summed E-state index contributed by atoms with van der Waals surface area (Å²) in [5.74, 6) is 1.42. The molecule has 3 rings (SSSR count). The van der Waals surface area contributed by atoms with Gasteiger partial charge in [0.1, 0.15) is 11.6 Å². The molecule has 7 heteroatoms. The average Bonchev–Trinajstić information content (AvgIpc) is 3.24. The van der Waals surface area contributed by atoms with Crippen LogP contribution < -0.4 is 4.90 Å². The Hall–Kier alpha value is -2.41. The molecule has 37 heavy (non-hydrogen) atoms. The van der Waals surface area contributed by atoms with E-state index in [1.165, 1.54) is 25.0 Å². The predicted octanol–water partition coefficient (Wildman–Crippen LogP) is 6.06. The lowest BCUT2D eigenvalue weighted by atomic mass is 10.1. The Bertz CT molecular complexity index is 977. The first-order valence-electron chi connectivity index (χ1n) is 14.4. The van der Waals surface area contributed by atoms with Crippen LogP contribution in [0.1, 0.15) is 84.9 Å². The summed E-state index contributed by atoms with van der Waals surface area (Å²) in [7, 11) is 0. The largest absolute Gasteiger partial charge is 0.354 e. The number of hydrogen-bond acceptors (Lipinski definition) is 4. The molecule has 0 unspecified atom stereocenters. The van der Waals surface area contributed by atoms with Crippen LogP contribution in [0.4, 0.5) is 10.2 Å². The summed E-state index contributed by atoms with van der Waals surface area (Å²) in [4.78, 5) is 20.4. The Balaban J connectivity index is 1.98. The van der Waals surface area contributed by atoms with Gasteiger partial charge >= 0.3 is 0 Å². The Morgan fingerprint density at radius 2 is 1.68 bits per heavy atom. The second kappa shape index (κ2) is 13.9. The monoisotopic (exact) mass is 513 g/mol. The zero-order valence-corrected chi connectivity index (χ0v) is 24.0. The molecule has 0 spiro atoms. The van der Waals surface area contributed by atoms with Crippen molar-refractivity contribution in [2.45, 2.75) is 92.7 Å². The second-order valence-electron chi connectivity index (χ2n) is 11.1. The Labute approximate surface area is 223 Å². The molecule has 1 aromatic carbocycles. The first-order valence-corrected chi connectivity index (χ1v) is 14.4. The first-order chi connectivity index (χ1) is 17.7. The van der Waals surface area contributed by atoms with E-state index in [9.17, 15) is 9.18 Å². The normalized spacial score (nSPS) is 14.7. The molecule has 6 nitrogen and oxygen atoms in total. The number of nitrogens with zero attached hydrogens (tertiary/aromatic N) is 5. The molecule has 0 bridgehead atoms. The smallest absolute Gasteiger partial charge is 0.222 e. The number of carbonyl (C=O) groups excluding carboxylic acids is 1. The molecule has 2 heterocycles. The van der Waals surface area contributed by atoms with Crippen LogP contribution in [0.5, 0.6) is 0 Å². The molecular weight excluding hydrogens is 465 g/mol. The van der Waals surface area contributed by atoms with Crippen molar-refractivity contribution >= 4 is 11.7 Å². The molecule has 1 fully saturated rings. The minimum Gasteiger partial charge on any atom is -0.354 e. The van der Waals surface area contributed by atoms with E-state index in [-0.39, 0.29) is 11.7 Å². The lowest BCUT2D eigenvalue weighted by Gasteiger charge is -2.38. The molecule has 1 saturated heterocycles. The summed E-state index contributed by atoms with van der Waals surface area (Å²) in [5.41, 5.74) is 3.00. The Kier molecular flexibility index (Phi) is 11.0. The SMILES string of the molecule is CCCCCCC(=O)N(Cc1c(CC)nn(-c2ccc(F)cc2)c1N1CCN(C(C)C)CC1)CC(C)C. The van der Waals surface area contributed by atoms with Crippen molar-refractivity contribution in [2.24, 2.45) is 5.92 Å². The molecule has 0 aliphatic carbocycles. The van der Waals surface area contributed by atoms with Gasteiger partial charge in [-0.05, 0) is 56.9 Å². The topological polar surface area (TPSA) is 44.6 Å². The van der Waals surface area contributed by atoms with Crippen molar-refractivity contribution in [2.75, 3.05) is 37.6 Å². The van der Waals surface area contributed by atoms with Gasteiger partial charge in [0.2, 0.25) is 5.91 Å². The zero-order chi connectivity index (χ0) is 26.9. The Morgan fingerprint density at radius 3 is 2.24 bits per heavy atom. The molecule has 1 aromatic heterocycles. The van der Waals surface area contributed by atoms with Gasteiger partial charge < -0.3 is 9.80 Å². The number of halogens is 1. The van der Waals surface area contributed by atoms with E-state index in [2.05, 4.69) is 56.2 Å². The van der Waals surface area contributed by atoms with E-state index >= 15 is 0 Å². The van der Waals surface area contributed by atoms with Crippen LogP contribution >= 0.6 is 0 Å². The van der Waals surface area contributed by atoms with Gasteiger partial charge in [-0.15, -0.1) is 0 Å². The average molecular weight is 514 g/mol. The van der Waals surface area contributed by atoms with Crippen molar-refractivity contribution in [3.05, 3.63) is 41.3 Å². The van der Waals surface area contributed by atoms with Crippen molar-refractivity contribution in [3.8, 4) is 5.69 Å². The Morgan fingerprint density at radius 1 is 1.00 bits per heavy atom. The van der Waals surface area contributed by atoms with Crippen LogP contribution in [0.3, 0.4) is 0 Å². The molecule has 206 valence electrons. The maximum absolute atomic E-state index is 13.8. The third-order valence-corrected chi connectivity index (χ3v) is 7.32. The van der Waals surface area contributed by atoms with E-state index in [4.69, 9.17) is 5.10 Å². The molecule has 0 atom stereocenters. The van der Waals surface area contributed by atoms with Crippen LogP contribution in [0, 0.1) is 11.7 Å². The fraction of sp³-hybridized carbons (Fsp3) is 0.667. The van der Waals surface area contributed by atoms with E-state index < -0.39 is 0 Å². The zero-order valence-electron chi connectivity index (χ0n) is 24.0. The number of anilines is 1. The minimum atomic E-state index is -0.254. The molecular formula is C30H48FN5O. The number of hydrogen-bond donors (Lipinski definition) is 0. The fourth-order valence-electron chi connectivity index (χ4n) is 5.22. The van der Waals surface area contributed by atoms with Crippen LogP contribution in [0.2, 0.25) is 0 Å². The summed E-state index contributed by atoms with van der Waals surface area (Å²) in [6.45, 7) is 18.2. The first kappa shape index (κ1) is 29.2. The number of aryl methyl sites for hydroxylation is 1. The summed E-state index contributed by atoms with van der Waals surface area (Å²) >= 11 is 0. The van der Waals surface area contributed by atoms with Crippen molar-refractivity contribution < 1.29 is 9.18 Å². The molecule has 1 amide bonds. The van der Waals surface area contributed by atoms with Gasteiger partial charge in [-0.3, -0.25) is 9.69 Å². The maximum atomic E-state index is 13.8. The number of carbonyl (C=O) groups is 1. The minimum absolute atomic E-state index is 0.233. The molecule has 2 aromatic rings. The number of aromatic nitrogens is 2. The van der Waals surface area contributed by atoms with Crippen LogP contribution in [-0.2, 0) is 17.8 Å². The van der Waals surface area contributed by atoms with Gasteiger partial charge in [-0.25, -0.2) is 9.07 Å². The summed E-state index contributed by atoms with van der Waals surface area (Å²) in [6, 6.07) is 7.09. The summed E-state index contributed by atoms with van der Waals surface area (Å²) in [6.07, 6.45) is 5.77. The highest BCUT2D eigenvalue weighted by Crippen LogP contribution is 2.31. The van der Waals surface area contributed by atoms with Gasteiger partial charge in [0.15, 0.2) is 0 Å².